The molecule has 1 aromatic heterocycles. The zero-order chi connectivity index (χ0) is 18.7. The second-order valence-electron chi connectivity index (χ2n) is 5.34. The molecule has 6 nitrogen and oxygen atoms in total. The third-order valence-electron chi connectivity index (χ3n) is 3.58. The molecule has 0 bridgehead atoms. The zero-order valence-electron chi connectivity index (χ0n) is 13.4. The number of rotatable bonds is 4. The van der Waals surface area contributed by atoms with E-state index in [9.17, 15) is 14.0 Å². The quantitative estimate of drug-likeness (QED) is 0.746. The lowest BCUT2D eigenvalue weighted by Crippen LogP contribution is -2.05. The van der Waals surface area contributed by atoms with Crippen molar-refractivity contribution in [2.45, 2.75) is 6.61 Å². The van der Waals surface area contributed by atoms with E-state index in [4.69, 9.17) is 16.2 Å². The van der Waals surface area contributed by atoms with Crippen molar-refractivity contribution in [2.75, 3.05) is 11.5 Å². The molecule has 4 N–H and O–H groups in total. The molecule has 0 spiro atoms. The Bertz CT molecular complexity index is 1020. The molecule has 0 aliphatic heterocycles. The molecule has 0 unspecified atom stereocenters. The van der Waals surface area contributed by atoms with Gasteiger partial charge >= 0.3 is 0 Å². The summed E-state index contributed by atoms with van der Waals surface area (Å²) in [6.45, 7) is -0.00779. The van der Waals surface area contributed by atoms with Crippen LogP contribution >= 0.6 is 0 Å². The molecule has 0 radical (unpaired) electrons. The first kappa shape index (κ1) is 17.1. The van der Waals surface area contributed by atoms with Crippen LogP contribution in [0.4, 0.5) is 20.5 Å². The number of nitriles is 1. The number of anilines is 2. The molecule has 0 saturated heterocycles. The van der Waals surface area contributed by atoms with Crippen molar-refractivity contribution in [1.82, 2.24) is 9.97 Å². The van der Waals surface area contributed by atoms with Crippen LogP contribution < -0.4 is 16.2 Å². The number of nitrogens with zero attached hydrogens (tertiary/aromatic N) is 3. The van der Waals surface area contributed by atoms with Crippen molar-refractivity contribution in [3.8, 4) is 23.1 Å². The van der Waals surface area contributed by atoms with Gasteiger partial charge in [-0.3, -0.25) is 0 Å². The summed E-state index contributed by atoms with van der Waals surface area (Å²) in [5.74, 6) is -2.30. The van der Waals surface area contributed by atoms with Crippen molar-refractivity contribution in [1.29, 1.82) is 5.26 Å². The fourth-order valence-corrected chi connectivity index (χ4v) is 2.38. The fourth-order valence-electron chi connectivity index (χ4n) is 2.38. The number of benzene rings is 2. The van der Waals surface area contributed by atoms with Crippen LogP contribution in [0, 0.1) is 23.0 Å². The molecule has 3 rings (SSSR count). The molecule has 8 heteroatoms. The molecule has 0 atom stereocenters. The largest absolute Gasteiger partial charge is 0.486 e. The Morgan fingerprint density at radius 1 is 1.08 bits per heavy atom. The van der Waals surface area contributed by atoms with Gasteiger partial charge in [0.05, 0.1) is 5.69 Å². The SMILES string of the molecule is N#Cc1c(N)nc(N)nc1-c1cccc(COc2cccc(F)c2F)c1. The molecule has 0 saturated carbocycles. The van der Waals surface area contributed by atoms with E-state index in [1.165, 1.54) is 12.1 Å². The van der Waals surface area contributed by atoms with Gasteiger partial charge in [0.25, 0.3) is 0 Å². The van der Waals surface area contributed by atoms with Crippen molar-refractivity contribution < 1.29 is 13.5 Å². The summed E-state index contributed by atoms with van der Waals surface area (Å²) in [4.78, 5) is 7.84. The molecule has 3 aromatic rings. The van der Waals surface area contributed by atoms with E-state index in [0.29, 0.717) is 11.1 Å². The third kappa shape index (κ3) is 3.37. The summed E-state index contributed by atoms with van der Waals surface area (Å²) in [5.41, 5.74) is 13.0. The van der Waals surface area contributed by atoms with Gasteiger partial charge in [0.15, 0.2) is 11.6 Å². The lowest BCUT2D eigenvalue weighted by atomic mass is 10.0. The van der Waals surface area contributed by atoms with Crippen LogP contribution in [0.1, 0.15) is 11.1 Å². The molecule has 130 valence electrons. The lowest BCUT2D eigenvalue weighted by Gasteiger charge is -2.10. The Kier molecular flexibility index (Phi) is 4.62. The predicted octanol–water partition coefficient (Wildman–Crippen LogP) is 3.04. The first-order valence-corrected chi connectivity index (χ1v) is 7.49. The number of halogens is 2. The zero-order valence-corrected chi connectivity index (χ0v) is 13.4. The van der Waals surface area contributed by atoms with Crippen LogP contribution in [-0.2, 0) is 6.61 Å². The Labute approximate surface area is 147 Å². The average molecular weight is 353 g/mol. The van der Waals surface area contributed by atoms with Gasteiger partial charge in [-0.2, -0.15) is 14.6 Å². The second kappa shape index (κ2) is 7.03. The van der Waals surface area contributed by atoms with E-state index in [1.807, 2.05) is 6.07 Å². The number of nitrogen functional groups attached to an aromatic ring is 2. The number of ether oxygens (including phenoxy) is 1. The van der Waals surface area contributed by atoms with Crippen molar-refractivity contribution in [3.05, 3.63) is 65.2 Å². The Hall–Kier alpha value is -3.73. The molecule has 26 heavy (non-hydrogen) atoms. The van der Waals surface area contributed by atoms with E-state index in [0.717, 1.165) is 6.07 Å². The first-order chi connectivity index (χ1) is 12.5. The van der Waals surface area contributed by atoms with Gasteiger partial charge in [0.1, 0.15) is 24.1 Å². The summed E-state index contributed by atoms with van der Waals surface area (Å²) >= 11 is 0. The molecule has 0 amide bonds. The highest BCUT2D eigenvalue weighted by molar-refractivity contribution is 5.73. The van der Waals surface area contributed by atoms with E-state index in [1.54, 1.807) is 24.3 Å². The number of hydrogen-bond donors (Lipinski definition) is 2. The third-order valence-corrected chi connectivity index (χ3v) is 3.58. The van der Waals surface area contributed by atoms with Gasteiger partial charge in [-0.15, -0.1) is 0 Å². The van der Waals surface area contributed by atoms with Gasteiger partial charge < -0.3 is 16.2 Å². The van der Waals surface area contributed by atoms with Crippen molar-refractivity contribution >= 4 is 11.8 Å². The van der Waals surface area contributed by atoms with Crippen LogP contribution in [0.15, 0.2) is 42.5 Å². The summed E-state index contributed by atoms with van der Waals surface area (Å²) in [6, 6.07) is 12.5. The van der Waals surface area contributed by atoms with E-state index < -0.39 is 11.6 Å². The molecule has 0 aliphatic carbocycles. The van der Waals surface area contributed by atoms with Crippen LogP contribution in [0.2, 0.25) is 0 Å². The number of aromatic nitrogens is 2. The van der Waals surface area contributed by atoms with Gasteiger partial charge in [-0.25, -0.2) is 9.37 Å². The highest BCUT2D eigenvalue weighted by atomic mass is 19.2. The Morgan fingerprint density at radius 3 is 2.62 bits per heavy atom. The molecule has 1 heterocycles. The highest BCUT2D eigenvalue weighted by Gasteiger charge is 2.14. The summed E-state index contributed by atoms with van der Waals surface area (Å²) in [7, 11) is 0. The van der Waals surface area contributed by atoms with Gasteiger partial charge in [-0.1, -0.05) is 24.3 Å². The van der Waals surface area contributed by atoms with Crippen LogP contribution in [0.25, 0.3) is 11.3 Å². The summed E-state index contributed by atoms with van der Waals surface area (Å²) in [5, 5.41) is 9.28. The molecule has 2 aromatic carbocycles. The summed E-state index contributed by atoms with van der Waals surface area (Å²) in [6.07, 6.45) is 0. The molecule has 0 aliphatic rings. The molecular weight excluding hydrogens is 340 g/mol. The minimum atomic E-state index is -1.05. The van der Waals surface area contributed by atoms with E-state index in [-0.39, 0.29) is 35.4 Å². The Balaban J connectivity index is 1.90. The Morgan fingerprint density at radius 2 is 1.85 bits per heavy atom. The standard InChI is InChI=1S/C18H13F2N5O/c19-13-5-2-6-14(15(13)20)26-9-10-3-1-4-11(7-10)16-12(8-21)17(22)25-18(23)24-16/h1-7H,9H2,(H4,22,23,24,25). The topological polar surface area (TPSA) is 111 Å². The van der Waals surface area contributed by atoms with Crippen molar-refractivity contribution in [3.63, 3.8) is 0 Å². The maximum absolute atomic E-state index is 13.7. The van der Waals surface area contributed by atoms with Crippen LogP contribution in [0.3, 0.4) is 0 Å². The average Bonchev–Trinajstić information content (AvgIpc) is 2.62. The number of hydrogen-bond acceptors (Lipinski definition) is 6. The first-order valence-electron chi connectivity index (χ1n) is 7.49. The predicted molar refractivity (Wildman–Crippen MR) is 91.7 cm³/mol. The van der Waals surface area contributed by atoms with Crippen LogP contribution in [0.5, 0.6) is 5.75 Å². The van der Waals surface area contributed by atoms with Gasteiger partial charge in [0, 0.05) is 5.56 Å². The summed E-state index contributed by atoms with van der Waals surface area (Å²) < 4.78 is 32.2. The smallest absolute Gasteiger partial charge is 0.222 e. The van der Waals surface area contributed by atoms with Gasteiger partial charge in [0.2, 0.25) is 11.8 Å². The second-order valence-corrected chi connectivity index (χ2v) is 5.34. The highest BCUT2D eigenvalue weighted by Crippen LogP contribution is 2.27. The monoisotopic (exact) mass is 353 g/mol. The van der Waals surface area contributed by atoms with Crippen LogP contribution in [-0.4, -0.2) is 9.97 Å². The van der Waals surface area contributed by atoms with Crippen molar-refractivity contribution in [2.24, 2.45) is 0 Å². The fraction of sp³-hybridized carbons (Fsp3) is 0.0556. The molecular formula is C18H13F2N5O. The maximum atomic E-state index is 13.7. The lowest BCUT2D eigenvalue weighted by molar-refractivity contribution is 0.284. The molecule has 0 fully saturated rings. The van der Waals surface area contributed by atoms with E-state index >= 15 is 0 Å². The van der Waals surface area contributed by atoms with E-state index in [2.05, 4.69) is 9.97 Å². The van der Waals surface area contributed by atoms with Gasteiger partial charge in [-0.05, 0) is 23.8 Å². The minimum Gasteiger partial charge on any atom is -0.486 e. The maximum Gasteiger partial charge on any atom is 0.222 e. The number of nitrogens with two attached hydrogens (primary N) is 2. The normalized spacial score (nSPS) is 10.3. The minimum absolute atomic E-state index is 0.00779.